The lowest BCUT2D eigenvalue weighted by atomic mass is 10.1. The zero-order valence-corrected chi connectivity index (χ0v) is 13.9. The zero-order chi connectivity index (χ0) is 17.0. The van der Waals surface area contributed by atoms with E-state index in [2.05, 4.69) is 9.64 Å². The molecule has 1 fully saturated rings. The Bertz CT molecular complexity index is 548. The molecular formula is C17H24N2O4. The zero-order valence-electron chi connectivity index (χ0n) is 13.9. The summed E-state index contributed by atoms with van der Waals surface area (Å²) in [4.78, 5) is 27.4. The first-order valence-electron chi connectivity index (χ1n) is 7.84. The molecule has 126 valence electrons. The molecule has 1 aliphatic heterocycles. The van der Waals surface area contributed by atoms with E-state index in [9.17, 15) is 14.7 Å². The molecule has 0 radical (unpaired) electrons. The SMILES string of the molecule is COC(=O)c1ccc(N2CCN(C(=O)[C@H](O)C(C)C)CC2)cc1. The molecule has 1 heterocycles. The van der Waals surface area contributed by atoms with E-state index in [1.165, 1.54) is 7.11 Å². The molecule has 6 nitrogen and oxygen atoms in total. The first kappa shape index (κ1) is 17.3. The Morgan fingerprint density at radius 3 is 2.13 bits per heavy atom. The number of methoxy groups -OCH3 is 1. The molecule has 1 amide bonds. The van der Waals surface area contributed by atoms with Gasteiger partial charge in [-0.25, -0.2) is 4.79 Å². The number of hydrogen-bond donors (Lipinski definition) is 1. The summed E-state index contributed by atoms with van der Waals surface area (Å²) in [6, 6.07) is 7.24. The van der Waals surface area contributed by atoms with Crippen LogP contribution in [0.3, 0.4) is 0 Å². The molecule has 1 saturated heterocycles. The Morgan fingerprint density at radius 1 is 1.09 bits per heavy atom. The van der Waals surface area contributed by atoms with Crippen LogP contribution in [0.25, 0.3) is 0 Å². The number of esters is 1. The highest BCUT2D eigenvalue weighted by Crippen LogP contribution is 2.18. The van der Waals surface area contributed by atoms with Crippen LogP contribution in [-0.2, 0) is 9.53 Å². The van der Waals surface area contributed by atoms with Crippen LogP contribution in [0.1, 0.15) is 24.2 Å². The van der Waals surface area contributed by atoms with Gasteiger partial charge in [0.05, 0.1) is 12.7 Å². The lowest BCUT2D eigenvalue weighted by Gasteiger charge is -2.37. The van der Waals surface area contributed by atoms with E-state index in [-0.39, 0.29) is 17.8 Å². The van der Waals surface area contributed by atoms with E-state index < -0.39 is 6.10 Å². The maximum Gasteiger partial charge on any atom is 0.337 e. The summed E-state index contributed by atoms with van der Waals surface area (Å²) >= 11 is 0. The summed E-state index contributed by atoms with van der Waals surface area (Å²) in [5.41, 5.74) is 1.53. The maximum absolute atomic E-state index is 12.1. The molecule has 0 aromatic heterocycles. The third kappa shape index (κ3) is 4.01. The number of carbonyl (C=O) groups excluding carboxylic acids is 2. The van der Waals surface area contributed by atoms with Gasteiger partial charge < -0.3 is 19.6 Å². The number of aliphatic hydroxyl groups excluding tert-OH is 1. The quantitative estimate of drug-likeness (QED) is 0.843. The van der Waals surface area contributed by atoms with Crippen molar-refractivity contribution < 1.29 is 19.4 Å². The van der Waals surface area contributed by atoms with Gasteiger partial charge in [0.1, 0.15) is 6.10 Å². The summed E-state index contributed by atoms with van der Waals surface area (Å²) in [6.45, 7) is 6.24. The van der Waals surface area contributed by atoms with E-state index in [1.54, 1.807) is 17.0 Å². The molecule has 1 aromatic rings. The molecule has 0 unspecified atom stereocenters. The highest BCUT2D eigenvalue weighted by atomic mass is 16.5. The van der Waals surface area contributed by atoms with E-state index in [0.717, 1.165) is 5.69 Å². The molecular weight excluding hydrogens is 296 g/mol. The normalized spacial score (nSPS) is 16.4. The number of nitrogens with zero attached hydrogens (tertiary/aromatic N) is 2. The minimum absolute atomic E-state index is 0.0774. The molecule has 1 aliphatic rings. The van der Waals surface area contributed by atoms with Gasteiger partial charge in [-0.3, -0.25) is 4.79 Å². The first-order chi connectivity index (χ1) is 10.9. The van der Waals surface area contributed by atoms with Gasteiger partial charge in [-0.15, -0.1) is 0 Å². The molecule has 6 heteroatoms. The molecule has 0 aliphatic carbocycles. The molecule has 0 saturated carbocycles. The summed E-state index contributed by atoms with van der Waals surface area (Å²) in [6.07, 6.45) is -0.930. The van der Waals surface area contributed by atoms with E-state index >= 15 is 0 Å². The van der Waals surface area contributed by atoms with E-state index in [0.29, 0.717) is 31.7 Å². The molecule has 1 aromatic carbocycles. The summed E-state index contributed by atoms with van der Waals surface area (Å²) in [5, 5.41) is 9.89. The van der Waals surface area contributed by atoms with Crippen molar-refractivity contribution in [1.82, 2.24) is 4.90 Å². The molecule has 0 bridgehead atoms. The topological polar surface area (TPSA) is 70.1 Å². The fourth-order valence-corrected chi connectivity index (χ4v) is 2.58. The van der Waals surface area contributed by atoms with Crippen molar-refractivity contribution in [2.45, 2.75) is 20.0 Å². The molecule has 1 atom stereocenters. The Hall–Kier alpha value is -2.08. The molecule has 23 heavy (non-hydrogen) atoms. The predicted molar refractivity (Wildman–Crippen MR) is 87.4 cm³/mol. The lowest BCUT2D eigenvalue weighted by Crippen LogP contribution is -2.52. The number of piperazine rings is 1. The standard InChI is InChI=1S/C17H24N2O4/c1-12(2)15(20)16(21)19-10-8-18(9-11-19)14-6-4-13(5-7-14)17(22)23-3/h4-7,12,15,20H,8-11H2,1-3H3/t15-/m1/s1. The summed E-state index contributed by atoms with van der Waals surface area (Å²) in [7, 11) is 1.36. The average molecular weight is 320 g/mol. The maximum atomic E-state index is 12.1. The van der Waals surface area contributed by atoms with Crippen LogP contribution in [0.5, 0.6) is 0 Å². The number of rotatable bonds is 4. The van der Waals surface area contributed by atoms with Gasteiger partial charge in [0, 0.05) is 31.9 Å². The van der Waals surface area contributed by atoms with Gasteiger partial charge in [0.2, 0.25) is 0 Å². The van der Waals surface area contributed by atoms with Crippen LogP contribution in [-0.4, -0.2) is 61.3 Å². The Balaban J connectivity index is 1.94. The number of amides is 1. The average Bonchev–Trinajstić information content (AvgIpc) is 2.60. The van der Waals surface area contributed by atoms with Crippen molar-refractivity contribution in [3.8, 4) is 0 Å². The number of aliphatic hydroxyl groups is 1. The fourth-order valence-electron chi connectivity index (χ4n) is 2.58. The molecule has 2 rings (SSSR count). The molecule has 1 N–H and O–H groups in total. The van der Waals surface area contributed by atoms with Gasteiger partial charge in [0.25, 0.3) is 5.91 Å². The molecule has 0 spiro atoms. The number of carbonyl (C=O) groups is 2. The predicted octanol–water partition coefficient (Wildman–Crippen LogP) is 1.14. The van der Waals surface area contributed by atoms with Gasteiger partial charge in [-0.05, 0) is 30.2 Å². The van der Waals surface area contributed by atoms with E-state index in [4.69, 9.17) is 0 Å². The van der Waals surface area contributed by atoms with Crippen LogP contribution < -0.4 is 4.90 Å². The van der Waals surface area contributed by atoms with Crippen LogP contribution in [0, 0.1) is 5.92 Å². The first-order valence-corrected chi connectivity index (χ1v) is 7.84. The summed E-state index contributed by atoms with van der Waals surface area (Å²) in [5.74, 6) is -0.623. The minimum atomic E-state index is -0.930. The number of ether oxygens (including phenoxy) is 1. The van der Waals surface area contributed by atoms with Gasteiger partial charge in [0.15, 0.2) is 0 Å². The fraction of sp³-hybridized carbons (Fsp3) is 0.529. The van der Waals surface area contributed by atoms with Crippen molar-refractivity contribution in [2.75, 3.05) is 38.2 Å². The number of benzene rings is 1. The monoisotopic (exact) mass is 320 g/mol. The number of hydrogen-bond acceptors (Lipinski definition) is 5. The Kier molecular flexibility index (Phi) is 5.60. The summed E-state index contributed by atoms with van der Waals surface area (Å²) < 4.78 is 4.68. The van der Waals surface area contributed by atoms with Gasteiger partial charge in [-0.2, -0.15) is 0 Å². The van der Waals surface area contributed by atoms with Gasteiger partial charge in [-0.1, -0.05) is 13.8 Å². The third-order valence-electron chi connectivity index (χ3n) is 4.13. The Morgan fingerprint density at radius 2 is 1.65 bits per heavy atom. The van der Waals surface area contributed by atoms with Crippen LogP contribution in [0.15, 0.2) is 24.3 Å². The minimum Gasteiger partial charge on any atom is -0.465 e. The van der Waals surface area contributed by atoms with Crippen molar-refractivity contribution >= 4 is 17.6 Å². The highest BCUT2D eigenvalue weighted by Gasteiger charge is 2.27. The highest BCUT2D eigenvalue weighted by molar-refractivity contribution is 5.89. The third-order valence-corrected chi connectivity index (χ3v) is 4.13. The van der Waals surface area contributed by atoms with Crippen LogP contribution >= 0.6 is 0 Å². The lowest BCUT2D eigenvalue weighted by molar-refractivity contribution is -0.142. The van der Waals surface area contributed by atoms with Crippen LogP contribution in [0.2, 0.25) is 0 Å². The smallest absolute Gasteiger partial charge is 0.337 e. The second-order valence-corrected chi connectivity index (χ2v) is 6.04. The van der Waals surface area contributed by atoms with Crippen molar-refractivity contribution in [2.24, 2.45) is 5.92 Å². The second kappa shape index (κ2) is 7.46. The van der Waals surface area contributed by atoms with Crippen LogP contribution in [0.4, 0.5) is 5.69 Å². The van der Waals surface area contributed by atoms with E-state index in [1.807, 2.05) is 26.0 Å². The van der Waals surface area contributed by atoms with Crippen molar-refractivity contribution in [3.05, 3.63) is 29.8 Å². The largest absolute Gasteiger partial charge is 0.465 e. The second-order valence-electron chi connectivity index (χ2n) is 6.04. The van der Waals surface area contributed by atoms with Gasteiger partial charge >= 0.3 is 5.97 Å². The van der Waals surface area contributed by atoms with Crippen molar-refractivity contribution in [1.29, 1.82) is 0 Å². The Labute approximate surface area is 136 Å². The number of anilines is 1. The van der Waals surface area contributed by atoms with Crippen molar-refractivity contribution in [3.63, 3.8) is 0 Å².